The first-order chi connectivity index (χ1) is 9.17. The zero-order valence-electron chi connectivity index (χ0n) is 13.8. The van der Waals surface area contributed by atoms with Crippen molar-refractivity contribution in [1.29, 1.82) is 0 Å². The van der Waals surface area contributed by atoms with E-state index in [1.165, 1.54) is 14.0 Å². The fourth-order valence-electron chi connectivity index (χ4n) is 2.51. The summed E-state index contributed by atoms with van der Waals surface area (Å²) in [6, 6.07) is -0.289. The van der Waals surface area contributed by atoms with Crippen molar-refractivity contribution < 1.29 is 75.6 Å². The molecular formula is C14H24KNO5. The first-order valence-corrected chi connectivity index (χ1v) is 6.90. The number of rotatable bonds is 4. The maximum Gasteiger partial charge on any atom is 1.00 e. The molecule has 1 rings (SSSR count). The summed E-state index contributed by atoms with van der Waals surface area (Å²) < 4.78 is 10.7. The summed E-state index contributed by atoms with van der Waals surface area (Å²) in [6.07, 6.45) is 0.501. The molecular weight excluding hydrogens is 301 g/mol. The maximum absolute atomic E-state index is 12.2. The van der Waals surface area contributed by atoms with Crippen LogP contribution in [0.3, 0.4) is 0 Å². The van der Waals surface area contributed by atoms with E-state index in [1.54, 1.807) is 25.7 Å². The number of carbonyl (C=O) groups is 2. The molecule has 3 atom stereocenters. The molecule has 0 aromatic carbocycles. The number of aliphatic carboxylic acids is 1. The van der Waals surface area contributed by atoms with Crippen molar-refractivity contribution in [1.82, 2.24) is 4.90 Å². The number of methoxy groups -OCH3 is 1. The molecule has 0 radical (unpaired) electrons. The first-order valence-electron chi connectivity index (χ1n) is 6.90. The van der Waals surface area contributed by atoms with Gasteiger partial charge in [0.2, 0.25) is 0 Å². The minimum atomic E-state index is -1.17. The summed E-state index contributed by atoms with van der Waals surface area (Å²) in [7, 11) is 1.45. The Morgan fingerprint density at radius 3 is 2.33 bits per heavy atom. The van der Waals surface area contributed by atoms with E-state index in [1.807, 2.05) is 0 Å². The zero-order valence-corrected chi connectivity index (χ0v) is 17.0. The second-order valence-corrected chi connectivity index (χ2v) is 6.19. The second-order valence-electron chi connectivity index (χ2n) is 6.19. The van der Waals surface area contributed by atoms with Crippen LogP contribution >= 0.6 is 0 Å². The number of nitrogens with zero attached hydrogens (tertiary/aromatic N) is 1. The van der Waals surface area contributed by atoms with Gasteiger partial charge in [0.15, 0.2) is 0 Å². The summed E-state index contributed by atoms with van der Waals surface area (Å²) in [5.41, 5.74) is -0.577. The van der Waals surface area contributed by atoms with Crippen molar-refractivity contribution in [2.24, 2.45) is 5.92 Å². The molecule has 0 aromatic rings. The van der Waals surface area contributed by atoms with Crippen LogP contribution in [0.4, 0.5) is 4.79 Å². The fraction of sp³-hybridized carbons (Fsp3) is 0.857. The van der Waals surface area contributed by atoms with Crippen LogP contribution in [-0.4, -0.2) is 48.4 Å². The van der Waals surface area contributed by atoms with Gasteiger partial charge in [-0.15, -0.1) is 0 Å². The molecule has 0 N–H and O–H groups in total. The van der Waals surface area contributed by atoms with Crippen molar-refractivity contribution in [3.63, 3.8) is 0 Å². The molecule has 0 bridgehead atoms. The molecule has 0 unspecified atom stereocenters. The molecule has 1 heterocycles. The predicted octanol–water partition coefficient (Wildman–Crippen LogP) is -2.21. The van der Waals surface area contributed by atoms with Crippen LogP contribution in [-0.2, 0) is 14.3 Å². The third kappa shape index (κ3) is 6.15. The van der Waals surface area contributed by atoms with Gasteiger partial charge >= 0.3 is 57.5 Å². The first kappa shape index (κ1) is 21.3. The summed E-state index contributed by atoms with van der Waals surface area (Å²) in [4.78, 5) is 24.8. The van der Waals surface area contributed by atoms with Gasteiger partial charge in [0.05, 0.1) is 12.1 Å². The topological polar surface area (TPSA) is 78.9 Å². The third-order valence-corrected chi connectivity index (χ3v) is 3.44. The minimum Gasteiger partial charge on any atom is -0.550 e. The number of likely N-dealkylation sites (tertiary alicyclic amines) is 1. The van der Waals surface area contributed by atoms with Crippen molar-refractivity contribution >= 4 is 12.1 Å². The van der Waals surface area contributed by atoms with Gasteiger partial charge in [-0.05, 0) is 33.6 Å². The van der Waals surface area contributed by atoms with E-state index in [4.69, 9.17) is 9.47 Å². The van der Waals surface area contributed by atoms with Gasteiger partial charge in [0.25, 0.3) is 0 Å². The number of ether oxygens (including phenoxy) is 2. The molecule has 6 nitrogen and oxygen atoms in total. The Hall–Kier alpha value is 0.336. The molecule has 1 fully saturated rings. The van der Waals surface area contributed by atoms with Gasteiger partial charge < -0.3 is 24.3 Å². The van der Waals surface area contributed by atoms with Crippen LogP contribution in [0.5, 0.6) is 0 Å². The van der Waals surface area contributed by atoms with E-state index in [0.29, 0.717) is 13.0 Å². The van der Waals surface area contributed by atoms with E-state index in [2.05, 4.69) is 0 Å². The molecule has 1 aliphatic heterocycles. The molecule has 21 heavy (non-hydrogen) atoms. The van der Waals surface area contributed by atoms with Gasteiger partial charge in [0, 0.05) is 25.5 Å². The Morgan fingerprint density at radius 1 is 1.33 bits per heavy atom. The fourth-order valence-corrected chi connectivity index (χ4v) is 2.51. The van der Waals surface area contributed by atoms with Gasteiger partial charge in [-0.1, -0.05) is 6.92 Å². The average Bonchev–Trinajstić information content (AvgIpc) is 2.76. The van der Waals surface area contributed by atoms with Crippen LogP contribution in [0.1, 0.15) is 40.5 Å². The molecule has 7 heteroatoms. The molecule has 0 aromatic heterocycles. The monoisotopic (exact) mass is 325 g/mol. The summed E-state index contributed by atoms with van der Waals surface area (Å²) in [5.74, 6) is -1.96. The molecule has 116 valence electrons. The summed E-state index contributed by atoms with van der Waals surface area (Å²) >= 11 is 0. The van der Waals surface area contributed by atoms with Gasteiger partial charge in [-0.2, -0.15) is 0 Å². The smallest absolute Gasteiger partial charge is 0.550 e. The predicted molar refractivity (Wildman–Crippen MR) is 70.9 cm³/mol. The van der Waals surface area contributed by atoms with Crippen LogP contribution in [0.25, 0.3) is 0 Å². The van der Waals surface area contributed by atoms with Gasteiger partial charge in [0.1, 0.15) is 5.60 Å². The van der Waals surface area contributed by atoms with Gasteiger partial charge in [-0.25, -0.2) is 4.79 Å². The largest absolute Gasteiger partial charge is 1.00 e. The normalized spacial score (nSPS) is 21.4. The number of carbonyl (C=O) groups excluding carboxylic acids is 2. The maximum atomic E-state index is 12.2. The third-order valence-electron chi connectivity index (χ3n) is 3.44. The van der Waals surface area contributed by atoms with E-state index < -0.39 is 29.7 Å². The number of hydrogen-bond acceptors (Lipinski definition) is 5. The Bertz CT molecular complexity index is 369. The molecule has 1 aliphatic rings. The molecule has 0 saturated carbocycles. The summed E-state index contributed by atoms with van der Waals surface area (Å²) in [5, 5.41) is 11.0. The van der Waals surface area contributed by atoms with E-state index in [9.17, 15) is 14.7 Å². The van der Waals surface area contributed by atoms with Crippen molar-refractivity contribution in [3.8, 4) is 0 Å². The van der Waals surface area contributed by atoms with Gasteiger partial charge in [-0.3, -0.25) is 0 Å². The molecule has 1 saturated heterocycles. The quantitative estimate of drug-likeness (QED) is 0.548. The standard InChI is InChI=1S/C14H25NO5.K/c1-9(12(16)17)11(19-5)10-7-6-8-15(10)13(18)20-14(2,3)4;/h9-11H,6-8H2,1-5H3,(H,16,17);/q;+1/p-1/t9-,10+,11-;/m1./s1. The SMILES string of the molecule is CO[C@H]([C@@H](C)C(=O)[O-])[C@@H]1CCCN1C(=O)OC(C)(C)C.[K+]. The van der Waals surface area contributed by atoms with E-state index in [0.717, 1.165) is 6.42 Å². The molecule has 1 amide bonds. The van der Waals surface area contributed by atoms with Crippen LogP contribution in [0.15, 0.2) is 0 Å². The van der Waals surface area contributed by atoms with Crippen molar-refractivity contribution in [2.45, 2.75) is 58.3 Å². The Labute approximate surface area is 169 Å². The number of carboxylic acids is 1. The Kier molecular flexibility index (Phi) is 8.98. The minimum absolute atomic E-state index is 0. The van der Waals surface area contributed by atoms with Crippen molar-refractivity contribution in [3.05, 3.63) is 0 Å². The number of hydrogen-bond donors (Lipinski definition) is 0. The zero-order chi connectivity index (χ0) is 15.5. The Morgan fingerprint density at radius 2 is 1.90 bits per heavy atom. The Balaban J connectivity index is 0.00000400. The van der Waals surface area contributed by atoms with E-state index in [-0.39, 0.29) is 57.4 Å². The molecule has 0 spiro atoms. The second kappa shape index (κ2) is 8.84. The van der Waals surface area contributed by atoms with Crippen LogP contribution < -0.4 is 56.5 Å². The van der Waals surface area contributed by atoms with Crippen molar-refractivity contribution in [2.75, 3.05) is 13.7 Å². The molecule has 0 aliphatic carbocycles. The average molecular weight is 325 g/mol. The number of amides is 1. The van der Waals surface area contributed by atoms with Crippen LogP contribution in [0, 0.1) is 5.92 Å². The number of carboxylic acid groups (broad SMARTS) is 1. The summed E-state index contributed by atoms with van der Waals surface area (Å²) in [6.45, 7) is 7.49. The van der Waals surface area contributed by atoms with Crippen LogP contribution in [0.2, 0.25) is 0 Å². The van der Waals surface area contributed by atoms with E-state index >= 15 is 0 Å².